The molecule has 3 nitrogen and oxygen atoms in total. The van der Waals surface area contributed by atoms with Crippen LogP contribution in [0.2, 0.25) is 0 Å². The molecular formula is C12H22N2O. The molecule has 0 aromatic carbocycles. The summed E-state index contributed by atoms with van der Waals surface area (Å²) in [5, 5.41) is 6.38. The van der Waals surface area contributed by atoms with Crippen molar-refractivity contribution in [3.05, 3.63) is 0 Å². The van der Waals surface area contributed by atoms with Crippen LogP contribution in [0.5, 0.6) is 0 Å². The van der Waals surface area contributed by atoms with Crippen LogP contribution in [-0.4, -0.2) is 25.5 Å². The summed E-state index contributed by atoms with van der Waals surface area (Å²) in [5.41, 5.74) is 0.406. The van der Waals surface area contributed by atoms with Crippen LogP contribution in [0.1, 0.15) is 39.0 Å². The Labute approximate surface area is 92.0 Å². The lowest BCUT2D eigenvalue weighted by atomic mass is 9.70. The number of hydrogen-bond acceptors (Lipinski definition) is 2. The molecule has 1 aliphatic heterocycles. The summed E-state index contributed by atoms with van der Waals surface area (Å²) in [7, 11) is 0. The van der Waals surface area contributed by atoms with Crippen molar-refractivity contribution in [1.29, 1.82) is 0 Å². The van der Waals surface area contributed by atoms with Gasteiger partial charge in [-0.05, 0) is 43.7 Å². The molecule has 1 amide bonds. The van der Waals surface area contributed by atoms with Crippen molar-refractivity contribution in [3.63, 3.8) is 0 Å². The molecule has 0 aromatic rings. The van der Waals surface area contributed by atoms with Crippen molar-refractivity contribution in [1.82, 2.24) is 10.6 Å². The van der Waals surface area contributed by atoms with Gasteiger partial charge in [0.2, 0.25) is 5.91 Å². The zero-order valence-electron chi connectivity index (χ0n) is 9.64. The third kappa shape index (κ3) is 2.94. The van der Waals surface area contributed by atoms with Gasteiger partial charge in [-0.2, -0.15) is 0 Å². The number of rotatable bonds is 4. The fourth-order valence-corrected chi connectivity index (χ4v) is 2.49. The van der Waals surface area contributed by atoms with Crippen molar-refractivity contribution in [2.75, 3.05) is 19.6 Å². The smallest absolute Gasteiger partial charge is 0.220 e. The first-order valence-electron chi connectivity index (χ1n) is 6.15. The Kier molecular flexibility index (Phi) is 3.29. The van der Waals surface area contributed by atoms with Gasteiger partial charge >= 0.3 is 0 Å². The Balaban J connectivity index is 1.63. The quantitative estimate of drug-likeness (QED) is 0.734. The van der Waals surface area contributed by atoms with Crippen LogP contribution in [0.25, 0.3) is 0 Å². The molecule has 0 bridgehead atoms. The van der Waals surface area contributed by atoms with Gasteiger partial charge in [-0.25, -0.2) is 0 Å². The van der Waals surface area contributed by atoms with Crippen molar-refractivity contribution < 1.29 is 4.79 Å². The Bertz CT molecular complexity index is 230. The summed E-state index contributed by atoms with van der Waals surface area (Å²) >= 11 is 0. The zero-order valence-corrected chi connectivity index (χ0v) is 9.64. The minimum atomic E-state index is 0.247. The van der Waals surface area contributed by atoms with Crippen LogP contribution in [0.4, 0.5) is 0 Å². The van der Waals surface area contributed by atoms with E-state index < -0.39 is 0 Å². The second-order valence-electron chi connectivity index (χ2n) is 5.50. The van der Waals surface area contributed by atoms with Gasteiger partial charge in [-0.1, -0.05) is 13.3 Å². The average molecular weight is 210 g/mol. The minimum Gasteiger partial charge on any atom is -0.356 e. The van der Waals surface area contributed by atoms with E-state index in [-0.39, 0.29) is 5.91 Å². The summed E-state index contributed by atoms with van der Waals surface area (Å²) in [4.78, 5) is 11.6. The van der Waals surface area contributed by atoms with E-state index in [0.29, 0.717) is 17.8 Å². The van der Waals surface area contributed by atoms with E-state index in [0.717, 1.165) is 26.1 Å². The first-order chi connectivity index (χ1) is 7.18. The Morgan fingerprint density at radius 2 is 2.33 bits per heavy atom. The van der Waals surface area contributed by atoms with Gasteiger partial charge in [0.05, 0.1) is 0 Å². The minimum absolute atomic E-state index is 0.247. The van der Waals surface area contributed by atoms with E-state index in [1.54, 1.807) is 0 Å². The average Bonchev–Trinajstić information content (AvgIpc) is 2.64. The summed E-state index contributed by atoms with van der Waals surface area (Å²) in [6.45, 7) is 5.25. The van der Waals surface area contributed by atoms with Crippen LogP contribution >= 0.6 is 0 Å². The Hall–Kier alpha value is -0.570. The van der Waals surface area contributed by atoms with E-state index in [2.05, 4.69) is 17.6 Å². The molecule has 0 radical (unpaired) electrons. The number of carbonyl (C=O) groups is 1. The number of hydrogen-bond donors (Lipinski definition) is 2. The summed E-state index contributed by atoms with van der Waals surface area (Å²) < 4.78 is 0. The fourth-order valence-electron chi connectivity index (χ4n) is 2.49. The molecule has 1 atom stereocenters. The first kappa shape index (κ1) is 10.9. The maximum absolute atomic E-state index is 11.6. The van der Waals surface area contributed by atoms with Crippen LogP contribution in [0.15, 0.2) is 0 Å². The molecule has 1 unspecified atom stereocenters. The zero-order chi connectivity index (χ0) is 10.7. The summed E-state index contributed by atoms with van der Waals surface area (Å²) in [5.74, 6) is 0.816. The van der Waals surface area contributed by atoms with Gasteiger partial charge in [0.1, 0.15) is 0 Å². The summed E-state index contributed by atoms with van der Waals surface area (Å²) in [6, 6.07) is 0. The topological polar surface area (TPSA) is 41.1 Å². The molecule has 86 valence electrons. The fraction of sp³-hybridized carbons (Fsp3) is 0.917. The van der Waals surface area contributed by atoms with Gasteiger partial charge in [0.25, 0.3) is 0 Å². The second-order valence-corrected chi connectivity index (χ2v) is 5.50. The van der Waals surface area contributed by atoms with Crippen LogP contribution < -0.4 is 10.6 Å². The molecule has 0 aromatic heterocycles. The first-order valence-corrected chi connectivity index (χ1v) is 6.15. The molecule has 2 rings (SSSR count). The number of amides is 1. The molecule has 3 heteroatoms. The lowest BCUT2D eigenvalue weighted by Gasteiger charge is -2.38. The van der Waals surface area contributed by atoms with Crippen LogP contribution in [0.3, 0.4) is 0 Å². The van der Waals surface area contributed by atoms with Crippen LogP contribution in [-0.2, 0) is 4.79 Å². The normalized spacial score (nSPS) is 28.5. The third-order valence-electron chi connectivity index (χ3n) is 3.91. The Morgan fingerprint density at radius 1 is 1.53 bits per heavy atom. The van der Waals surface area contributed by atoms with Crippen LogP contribution in [0, 0.1) is 11.3 Å². The standard InChI is InChI=1S/C12H22N2O/c1-12(4-2-5-12)9-14-11(15)7-10-3-6-13-8-10/h10,13H,2-9H2,1H3,(H,14,15). The largest absolute Gasteiger partial charge is 0.356 e. The van der Waals surface area contributed by atoms with E-state index in [1.807, 2.05) is 0 Å². The Morgan fingerprint density at radius 3 is 2.87 bits per heavy atom. The van der Waals surface area contributed by atoms with E-state index in [9.17, 15) is 4.79 Å². The molecule has 1 aliphatic carbocycles. The predicted molar refractivity (Wildman–Crippen MR) is 60.6 cm³/mol. The molecule has 2 aliphatic rings. The van der Waals surface area contributed by atoms with Crippen molar-refractivity contribution in [3.8, 4) is 0 Å². The van der Waals surface area contributed by atoms with Gasteiger partial charge in [-0.15, -0.1) is 0 Å². The maximum atomic E-state index is 11.6. The highest BCUT2D eigenvalue weighted by Gasteiger charge is 2.32. The van der Waals surface area contributed by atoms with Crippen molar-refractivity contribution >= 4 is 5.91 Å². The number of nitrogens with one attached hydrogen (secondary N) is 2. The molecular weight excluding hydrogens is 188 g/mol. The lowest BCUT2D eigenvalue weighted by Crippen LogP contribution is -2.40. The highest BCUT2D eigenvalue weighted by molar-refractivity contribution is 5.76. The lowest BCUT2D eigenvalue weighted by molar-refractivity contribution is -0.122. The molecule has 1 heterocycles. The SMILES string of the molecule is CC1(CNC(=O)CC2CCNC2)CCC1. The second kappa shape index (κ2) is 4.52. The van der Waals surface area contributed by atoms with Crippen molar-refractivity contribution in [2.24, 2.45) is 11.3 Å². The van der Waals surface area contributed by atoms with E-state index in [4.69, 9.17) is 0 Å². The van der Waals surface area contributed by atoms with Gasteiger partial charge in [0, 0.05) is 13.0 Å². The predicted octanol–water partition coefficient (Wildman–Crippen LogP) is 1.29. The molecule has 1 saturated heterocycles. The molecule has 1 saturated carbocycles. The summed E-state index contributed by atoms with van der Waals surface area (Å²) in [6.07, 6.45) is 5.75. The molecule has 15 heavy (non-hydrogen) atoms. The van der Waals surface area contributed by atoms with E-state index in [1.165, 1.54) is 19.3 Å². The van der Waals surface area contributed by atoms with E-state index >= 15 is 0 Å². The van der Waals surface area contributed by atoms with Gasteiger partial charge < -0.3 is 10.6 Å². The number of carbonyl (C=O) groups excluding carboxylic acids is 1. The van der Waals surface area contributed by atoms with Gasteiger partial charge in [0.15, 0.2) is 0 Å². The maximum Gasteiger partial charge on any atom is 0.220 e. The van der Waals surface area contributed by atoms with Gasteiger partial charge in [-0.3, -0.25) is 4.79 Å². The highest BCUT2D eigenvalue weighted by Crippen LogP contribution is 2.39. The van der Waals surface area contributed by atoms with Crippen molar-refractivity contribution in [2.45, 2.75) is 39.0 Å². The monoisotopic (exact) mass is 210 g/mol. The molecule has 2 fully saturated rings. The third-order valence-corrected chi connectivity index (χ3v) is 3.91. The molecule has 0 spiro atoms. The molecule has 2 N–H and O–H groups in total. The highest BCUT2D eigenvalue weighted by atomic mass is 16.1.